The minimum Gasteiger partial charge on any atom is -0.261 e. The molecule has 0 saturated carbocycles. The van der Waals surface area contributed by atoms with Crippen LogP contribution in [-0.2, 0) is 6.54 Å². The molecule has 0 saturated heterocycles. The third-order valence-corrected chi connectivity index (χ3v) is 3.10. The number of hydrogen-bond acceptors (Lipinski definition) is 2. The lowest BCUT2D eigenvalue weighted by atomic mass is 10.1. The lowest BCUT2D eigenvalue weighted by Gasteiger charge is -2.25. The van der Waals surface area contributed by atoms with Crippen molar-refractivity contribution in [2.45, 2.75) is 13.5 Å². The van der Waals surface area contributed by atoms with Gasteiger partial charge in [-0.2, -0.15) is 5.10 Å². The number of fused-ring (bicyclic) bond motifs is 1. The molecule has 0 fully saturated rings. The average Bonchev–Trinajstić information content (AvgIpc) is 2.39. The van der Waals surface area contributed by atoms with Gasteiger partial charge in [0.1, 0.15) is 0 Å². The summed E-state index contributed by atoms with van der Waals surface area (Å²) < 4.78 is 0. The van der Waals surface area contributed by atoms with E-state index in [1.165, 1.54) is 22.4 Å². The molecule has 0 aromatic heterocycles. The van der Waals surface area contributed by atoms with Gasteiger partial charge in [0.05, 0.1) is 18.4 Å². The highest BCUT2D eigenvalue weighted by molar-refractivity contribution is 5.84. The van der Waals surface area contributed by atoms with Crippen molar-refractivity contribution in [1.29, 1.82) is 0 Å². The maximum Gasteiger partial charge on any atom is 0.0672 e. The van der Waals surface area contributed by atoms with Crippen LogP contribution in [0.4, 0.5) is 5.69 Å². The predicted octanol–water partition coefficient (Wildman–Crippen LogP) is 3.35. The molecule has 0 spiro atoms. The summed E-state index contributed by atoms with van der Waals surface area (Å²) >= 11 is 0. The molecule has 0 N–H and O–H groups in total. The number of hydrazone groups is 1. The van der Waals surface area contributed by atoms with Crippen LogP contribution in [0.2, 0.25) is 0 Å². The van der Waals surface area contributed by atoms with E-state index < -0.39 is 0 Å². The van der Waals surface area contributed by atoms with Crippen molar-refractivity contribution in [3.8, 4) is 0 Å². The normalized spacial score (nSPS) is 13.6. The molecule has 0 aliphatic carbocycles. The molecular formula is C15H14N2. The van der Waals surface area contributed by atoms with Gasteiger partial charge < -0.3 is 0 Å². The zero-order chi connectivity index (χ0) is 11.7. The molecular weight excluding hydrogens is 208 g/mol. The highest BCUT2D eigenvalue weighted by atomic mass is 15.5. The molecule has 2 nitrogen and oxygen atoms in total. The first-order valence-corrected chi connectivity index (χ1v) is 5.79. The van der Waals surface area contributed by atoms with Crippen LogP contribution in [0.3, 0.4) is 0 Å². The number of hydrogen-bond donors (Lipinski definition) is 0. The number of aryl methyl sites for hydroxylation is 1. The summed E-state index contributed by atoms with van der Waals surface area (Å²) in [4.78, 5) is 0. The molecule has 0 atom stereocenters. The topological polar surface area (TPSA) is 15.6 Å². The van der Waals surface area contributed by atoms with Crippen LogP contribution in [0.15, 0.2) is 53.6 Å². The molecule has 1 aliphatic heterocycles. The Bertz CT molecular complexity index is 573. The third-order valence-electron chi connectivity index (χ3n) is 3.10. The van der Waals surface area contributed by atoms with Gasteiger partial charge in [0.2, 0.25) is 0 Å². The molecule has 2 aromatic carbocycles. The van der Waals surface area contributed by atoms with Crippen molar-refractivity contribution in [3.63, 3.8) is 0 Å². The number of benzene rings is 2. The van der Waals surface area contributed by atoms with E-state index in [-0.39, 0.29) is 0 Å². The fourth-order valence-electron chi connectivity index (χ4n) is 2.14. The molecule has 2 aromatic rings. The largest absolute Gasteiger partial charge is 0.261 e. The van der Waals surface area contributed by atoms with Crippen LogP contribution in [0, 0.1) is 6.92 Å². The Kier molecular flexibility index (Phi) is 2.41. The maximum atomic E-state index is 4.51. The van der Waals surface area contributed by atoms with Gasteiger partial charge in [0.15, 0.2) is 0 Å². The molecule has 2 heteroatoms. The second-order valence-electron chi connectivity index (χ2n) is 4.29. The molecule has 1 aliphatic rings. The van der Waals surface area contributed by atoms with Crippen molar-refractivity contribution in [2.75, 3.05) is 5.01 Å². The summed E-state index contributed by atoms with van der Waals surface area (Å²) in [6, 6.07) is 16.7. The second-order valence-corrected chi connectivity index (χ2v) is 4.29. The van der Waals surface area contributed by atoms with Gasteiger partial charge in [-0.3, -0.25) is 5.01 Å². The van der Waals surface area contributed by atoms with E-state index >= 15 is 0 Å². The Labute approximate surface area is 101 Å². The molecule has 84 valence electrons. The number of para-hydroxylation sites is 1. The zero-order valence-corrected chi connectivity index (χ0v) is 9.80. The first-order valence-electron chi connectivity index (χ1n) is 5.79. The SMILES string of the molecule is Cc1ccccc1N1Cc2ccccc2C=N1. The molecule has 0 amide bonds. The first-order chi connectivity index (χ1) is 8.34. The van der Waals surface area contributed by atoms with Gasteiger partial charge in [-0.05, 0) is 29.7 Å². The van der Waals surface area contributed by atoms with Crippen LogP contribution >= 0.6 is 0 Å². The Morgan fingerprint density at radius 3 is 2.65 bits per heavy atom. The minimum absolute atomic E-state index is 0.845. The van der Waals surface area contributed by atoms with Gasteiger partial charge in [-0.1, -0.05) is 42.5 Å². The average molecular weight is 222 g/mol. The van der Waals surface area contributed by atoms with Gasteiger partial charge in [0.25, 0.3) is 0 Å². The molecule has 17 heavy (non-hydrogen) atoms. The Hall–Kier alpha value is -2.09. The fourth-order valence-corrected chi connectivity index (χ4v) is 2.14. The molecule has 0 unspecified atom stereocenters. The number of rotatable bonds is 1. The summed E-state index contributed by atoms with van der Waals surface area (Å²) in [5, 5.41) is 6.56. The summed E-state index contributed by atoms with van der Waals surface area (Å²) in [7, 11) is 0. The number of nitrogens with zero attached hydrogens (tertiary/aromatic N) is 2. The van der Waals surface area contributed by atoms with Gasteiger partial charge in [-0.15, -0.1) is 0 Å². The van der Waals surface area contributed by atoms with E-state index in [0.29, 0.717) is 0 Å². The first kappa shape index (κ1) is 10.1. The Morgan fingerprint density at radius 1 is 1.00 bits per heavy atom. The standard InChI is InChI=1S/C15H14N2/c1-12-6-2-5-9-15(12)17-11-14-8-4-3-7-13(14)10-16-17/h2-10H,11H2,1H3. The van der Waals surface area contributed by atoms with Crippen molar-refractivity contribution >= 4 is 11.9 Å². The second kappa shape index (κ2) is 4.06. The van der Waals surface area contributed by atoms with Crippen LogP contribution in [0.5, 0.6) is 0 Å². The van der Waals surface area contributed by atoms with Crippen molar-refractivity contribution in [2.24, 2.45) is 5.10 Å². The maximum absolute atomic E-state index is 4.51. The molecule has 1 heterocycles. The molecule has 3 rings (SSSR count). The summed E-state index contributed by atoms with van der Waals surface area (Å²) in [5.74, 6) is 0. The van der Waals surface area contributed by atoms with Crippen LogP contribution in [0.25, 0.3) is 0 Å². The zero-order valence-electron chi connectivity index (χ0n) is 9.80. The molecule has 0 radical (unpaired) electrons. The summed E-state index contributed by atoms with van der Waals surface area (Å²) in [6.07, 6.45) is 1.94. The predicted molar refractivity (Wildman–Crippen MR) is 71.4 cm³/mol. The third kappa shape index (κ3) is 1.82. The van der Waals surface area contributed by atoms with Crippen LogP contribution < -0.4 is 5.01 Å². The smallest absolute Gasteiger partial charge is 0.0672 e. The van der Waals surface area contributed by atoms with E-state index in [2.05, 4.69) is 59.5 Å². The van der Waals surface area contributed by atoms with Crippen molar-refractivity contribution in [3.05, 3.63) is 65.2 Å². The van der Waals surface area contributed by atoms with E-state index in [4.69, 9.17) is 0 Å². The van der Waals surface area contributed by atoms with E-state index in [1.54, 1.807) is 0 Å². The highest BCUT2D eigenvalue weighted by Crippen LogP contribution is 2.25. The van der Waals surface area contributed by atoms with Crippen LogP contribution in [0.1, 0.15) is 16.7 Å². The van der Waals surface area contributed by atoms with Crippen molar-refractivity contribution < 1.29 is 0 Å². The van der Waals surface area contributed by atoms with E-state index in [1.807, 2.05) is 12.3 Å². The van der Waals surface area contributed by atoms with Gasteiger partial charge >= 0.3 is 0 Å². The fraction of sp³-hybridized carbons (Fsp3) is 0.133. The van der Waals surface area contributed by atoms with Gasteiger partial charge in [0, 0.05) is 0 Å². The van der Waals surface area contributed by atoms with E-state index in [9.17, 15) is 0 Å². The van der Waals surface area contributed by atoms with E-state index in [0.717, 1.165) is 6.54 Å². The summed E-state index contributed by atoms with van der Waals surface area (Å²) in [6.45, 7) is 2.96. The number of anilines is 1. The van der Waals surface area contributed by atoms with Gasteiger partial charge in [-0.25, -0.2) is 0 Å². The Morgan fingerprint density at radius 2 is 1.76 bits per heavy atom. The lowest BCUT2D eigenvalue weighted by molar-refractivity contribution is 0.839. The van der Waals surface area contributed by atoms with Crippen molar-refractivity contribution in [1.82, 2.24) is 0 Å². The summed E-state index contributed by atoms with van der Waals surface area (Å²) in [5.41, 5.74) is 4.98. The monoisotopic (exact) mass is 222 g/mol. The Balaban J connectivity index is 1.98. The minimum atomic E-state index is 0.845. The highest BCUT2D eigenvalue weighted by Gasteiger charge is 2.13. The lowest BCUT2D eigenvalue weighted by Crippen LogP contribution is -2.21. The van der Waals surface area contributed by atoms with Crippen LogP contribution in [-0.4, -0.2) is 6.21 Å². The molecule has 0 bridgehead atoms. The quantitative estimate of drug-likeness (QED) is 0.722.